The van der Waals surface area contributed by atoms with E-state index >= 15 is 0 Å². The average Bonchev–Trinajstić information content (AvgIpc) is 3.01. The molecule has 0 aliphatic heterocycles. The number of hydrogen-bond acceptors (Lipinski definition) is 3. The monoisotopic (exact) mass is 354 g/mol. The topological polar surface area (TPSA) is 44.1 Å². The molecule has 0 atom stereocenters. The molecule has 4 nitrogen and oxygen atoms in total. The van der Waals surface area contributed by atoms with Crippen LogP contribution in [0.5, 0.6) is 0 Å². The quantitative estimate of drug-likeness (QED) is 0.629. The van der Waals surface area contributed by atoms with E-state index in [0.717, 1.165) is 29.1 Å². The summed E-state index contributed by atoms with van der Waals surface area (Å²) < 4.78 is 7.11. The molecule has 0 N–H and O–H groups in total. The number of carbonyl (C=O) groups excluding carboxylic acids is 1. The molecule has 5 heteroatoms. The summed E-state index contributed by atoms with van der Waals surface area (Å²) in [4.78, 5) is 16.7. The summed E-state index contributed by atoms with van der Waals surface area (Å²) >= 11 is 6.02. The van der Waals surface area contributed by atoms with E-state index in [2.05, 4.69) is 16.5 Å². The first kappa shape index (κ1) is 17.2. The highest BCUT2D eigenvalue weighted by molar-refractivity contribution is 6.30. The number of hydrogen-bond donors (Lipinski definition) is 0. The Morgan fingerprint density at radius 2 is 1.96 bits per heavy atom. The van der Waals surface area contributed by atoms with Gasteiger partial charge in [0.1, 0.15) is 0 Å². The van der Waals surface area contributed by atoms with E-state index in [4.69, 9.17) is 16.3 Å². The van der Waals surface area contributed by atoms with Crippen LogP contribution >= 0.6 is 11.6 Å². The number of halogens is 1. The number of rotatable bonds is 5. The van der Waals surface area contributed by atoms with Crippen LogP contribution in [0, 0.1) is 0 Å². The van der Waals surface area contributed by atoms with Crippen LogP contribution in [0.1, 0.15) is 28.7 Å². The highest BCUT2D eigenvalue weighted by atomic mass is 35.5. The number of pyridine rings is 1. The van der Waals surface area contributed by atoms with Gasteiger partial charge in [-0.25, -0.2) is 4.79 Å². The van der Waals surface area contributed by atoms with Crippen LogP contribution in [0.3, 0.4) is 0 Å². The second-order valence-corrected chi connectivity index (χ2v) is 6.09. The van der Waals surface area contributed by atoms with Crippen molar-refractivity contribution >= 4 is 17.6 Å². The zero-order valence-electron chi connectivity index (χ0n) is 14.2. The summed E-state index contributed by atoms with van der Waals surface area (Å²) in [5.74, 6) is -0.348. The molecule has 0 aliphatic rings. The highest BCUT2D eigenvalue weighted by Gasteiger charge is 2.22. The van der Waals surface area contributed by atoms with Crippen molar-refractivity contribution in [3.05, 3.63) is 76.7 Å². The number of ether oxygens (including phenoxy) is 1. The van der Waals surface area contributed by atoms with Crippen LogP contribution in [-0.4, -0.2) is 22.6 Å². The second kappa shape index (κ2) is 7.53. The van der Waals surface area contributed by atoms with Gasteiger partial charge in [0.2, 0.25) is 0 Å². The van der Waals surface area contributed by atoms with Gasteiger partial charge in [0.05, 0.1) is 30.6 Å². The van der Waals surface area contributed by atoms with Gasteiger partial charge in [0, 0.05) is 16.9 Å². The first-order chi connectivity index (χ1) is 12.1. The molecule has 0 aliphatic carbocycles. The van der Waals surface area contributed by atoms with Crippen LogP contribution in [-0.2, 0) is 17.7 Å². The van der Waals surface area contributed by atoms with Crippen LogP contribution in [0.25, 0.3) is 11.3 Å². The zero-order valence-corrected chi connectivity index (χ0v) is 15.0. The Morgan fingerprint density at radius 3 is 2.56 bits per heavy atom. The first-order valence-corrected chi connectivity index (χ1v) is 8.48. The Kier molecular flexibility index (Phi) is 5.19. The van der Waals surface area contributed by atoms with E-state index in [1.807, 2.05) is 48.5 Å². The van der Waals surface area contributed by atoms with E-state index in [9.17, 15) is 4.79 Å². The fraction of sp³-hybridized carbons (Fsp3) is 0.200. The van der Waals surface area contributed by atoms with E-state index in [1.165, 1.54) is 7.11 Å². The largest absolute Gasteiger partial charge is 0.465 e. The minimum absolute atomic E-state index is 0.348. The molecule has 0 saturated heterocycles. The smallest absolute Gasteiger partial charge is 0.340 e. The van der Waals surface area contributed by atoms with Crippen LogP contribution in [0.2, 0.25) is 5.02 Å². The Hall–Kier alpha value is -2.59. The SMILES string of the molecule is CCc1cc(C(=O)OC)c(-c2ccc(Cl)cc2)n1Cc1ccccn1. The second-order valence-electron chi connectivity index (χ2n) is 5.66. The summed E-state index contributed by atoms with van der Waals surface area (Å²) in [6.07, 6.45) is 2.57. The van der Waals surface area contributed by atoms with E-state index in [0.29, 0.717) is 17.1 Å². The van der Waals surface area contributed by atoms with E-state index in [1.54, 1.807) is 6.20 Å². The Morgan fingerprint density at radius 1 is 1.20 bits per heavy atom. The molecular weight excluding hydrogens is 336 g/mol. The van der Waals surface area contributed by atoms with Gasteiger partial charge >= 0.3 is 5.97 Å². The molecule has 0 bridgehead atoms. The molecule has 0 amide bonds. The number of aryl methyl sites for hydroxylation is 1. The number of aromatic nitrogens is 2. The first-order valence-electron chi connectivity index (χ1n) is 8.10. The summed E-state index contributed by atoms with van der Waals surface area (Å²) in [6, 6.07) is 15.2. The molecule has 0 saturated carbocycles. The maximum absolute atomic E-state index is 12.3. The Labute approximate surface area is 152 Å². The number of benzene rings is 1. The maximum Gasteiger partial charge on any atom is 0.340 e. The molecule has 2 heterocycles. The average molecular weight is 355 g/mol. The summed E-state index contributed by atoms with van der Waals surface area (Å²) in [7, 11) is 1.40. The third-order valence-corrected chi connectivity index (χ3v) is 4.37. The fourth-order valence-corrected chi connectivity index (χ4v) is 3.04. The van der Waals surface area contributed by atoms with Gasteiger partial charge in [-0.1, -0.05) is 36.7 Å². The van der Waals surface area contributed by atoms with Gasteiger partial charge in [-0.05, 0) is 42.3 Å². The predicted octanol–water partition coefficient (Wildman–Crippen LogP) is 4.60. The normalized spacial score (nSPS) is 10.7. The van der Waals surface area contributed by atoms with Crippen molar-refractivity contribution in [1.82, 2.24) is 9.55 Å². The van der Waals surface area contributed by atoms with Crippen LogP contribution < -0.4 is 0 Å². The lowest BCUT2D eigenvalue weighted by atomic mass is 10.1. The third-order valence-electron chi connectivity index (χ3n) is 4.11. The molecule has 25 heavy (non-hydrogen) atoms. The minimum atomic E-state index is -0.348. The molecular formula is C20H19ClN2O2. The molecule has 2 aromatic heterocycles. The van der Waals surface area contributed by atoms with E-state index in [-0.39, 0.29) is 5.97 Å². The van der Waals surface area contributed by atoms with Gasteiger partial charge in [-0.15, -0.1) is 0 Å². The number of nitrogens with zero attached hydrogens (tertiary/aromatic N) is 2. The molecule has 128 valence electrons. The lowest BCUT2D eigenvalue weighted by Crippen LogP contribution is -2.09. The predicted molar refractivity (Wildman–Crippen MR) is 98.9 cm³/mol. The number of carbonyl (C=O) groups is 1. The maximum atomic E-state index is 12.3. The molecule has 1 aromatic carbocycles. The van der Waals surface area contributed by atoms with Gasteiger partial charge in [0.25, 0.3) is 0 Å². The summed E-state index contributed by atoms with van der Waals surface area (Å²) in [5.41, 5.74) is 4.28. The number of esters is 1. The van der Waals surface area contributed by atoms with Crippen molar-refractivity contribution in [1.29, 1.82) is 0 Å². The number of methoxy groups -OCH3 is 1. The molecule has 0 unspecified atom stereocenters. The van der Waals surface area contributed by atoms with Crippen molar-refractivity contribution in [2.45, 2.75) is 19.9 Å². The van der Waals surface area contributed by atoms with Crippen molar-refractivity contribution in [2.24, 2.45) is 0 Å². The lowest BCUT2D eigenvalue weighted by Gasteiger charge is -2.14. The van der Waals surface area contributed by atoms with E-state index < -0.39 is 0 Å². The molecule has 0 fully saturated rings. The van der Waals surface area contributed by atoms with Crippen molar-refractivity contribution in [2.75, 3.05) is 7.11 Å². The third kappa shape index (κ3) is 3.59. The van der Waals surface area contributed by atoms with Gasteiger partial charge in [-0.2, -0.15) is 0 Å². The highest BCUT2D eigenvalue weighted by Crippen LogP contribution is 2.30. The van der Waals surface area contributed by atoms with Crippen LogP contribution in [0.4, 0.5) is 0 Å². The van der Waals surface area contributed by atoms with Gasteiger partial charge < -0.3 is 9.30 Å². The fourth-order valence-electron chi connectivity index (χ4n) is 2.91. The summed E-state index contributed by atoms with van der Waals surface area (Å²) in [6.45, 7) is 2.65. The van der Waals surface area contributed by atoms with Crippen molar-refractivity contribution < 1.29 is 9.53 Å². The van der Waals surface area contributed by atoms with Gasteiger partial charge in [-0.3, -0.25) is 4.98 Å². The van der Waals surface area contributed by atoms with Crippen molar-refractivity contribution in [3.8, 4) is 11.3 Å². The van der Waals surface area contributed by atoms with Crippen LogP contribution in [0.15, 0.2) is 54.7 Å². The zero-order chi connectivity index (χ0) is 17.8. The van der Waals surface area contributed by atoms with Gasteiger partial charge in [0.15, 0.2) is 0 Å². The molecule has 0 radical (unpaired) electrons. The minimum Gasteiger partial charge on any atom is -0.465 e. The standard InChI is InChI=1S/C20H19ClN2O2/c1-3-17-12-18(20(24)25-2)19(14-7-9-15(21)10-8-14)23(17)13-16-6-4-5-11-22-16/h4-12H,3,13H2,1-2H3. The Balaban J connectivity index is 2.18. The lowest BCUT2D eigenvalue weighted by molar-refractivity contribution is 0.0601. The summed E-state index contributed by atoms with van der Waals surface area (Å²) in [5, 5.41) is 0.655. The molecule has 0 spiro atoms. The molecule has 3 rings (SSSR count). The van der Waals surface area contributed by atoms with Crippen molar-refractivity contribution in [3.63, 3.8) is 0 Å². The Bertz CT molecular complexity index is 871. The molecule has 3 aromatic rings.